The standard InChI is InChI=1S/C9H13F3O3/c1-3-4-7(13)15-8(14)5-6(2)9(10,11)12/h6H,3-5H2,1-2H3. The molecule has 6 heteroatoms. The second kappa shape index (κ2) is 5.72. The number of hydrogen-bond acceptors (Lipinski definition) is 3. The number of carbonyl (C=O) groups excluding carboxylic acids is 2. The summed E-state index contributed by atoms with van der Waals surface area (Å²) < 4.78 is 40.2. The van der Waals surface area contributed by atoms with Crippen molar-refractivity contribution in [2.45, 2.75) is 39.3 Å². The van der Waals surface area contributed by atoms with Crippen molar-refractivity contribution in [3.8, 4) is 0 Å². The summed E-state index contributed by atoms with van der Waals surface area (Å²) in [6, 6.07) is 0. The number of rotatable bonds is 4. The summed E-state index contributed by atoms with van der Waals surface area (Å²) in [5, 5.41) is 0. The van der Waals surface area contributed by atoms with Crippen LogP contribution in [0.4, 0.5) is 13.2 Å². The first-order valence-electron chi connectivity index (χ1n) is 4.57. The van der Waals surface area contributed by atoms with Crippen LogP contribution in [0.25, 0.3) is 0 Å². The molecule has 0 saturated heterocycles. The Morgan fingerprint density at radius 3 is 2.20 bits per heavy atom. The third-order valence-corrected chi connectivity index (χ3v) is 1.71. The van der Waals surface area contributed by atoms with Gasteiger partial charge in [-0.1, -0.05) is 13.8 Å². The molecule has 0 heterocycles. The van der Waals surface area contributed by atoms with E-state index in [4.69, 9.17) is 0 Å². The Bertz CT molecular complexity index is 235. The zero-order valence-electron chi connectivity index (χ0n) is 8.56. The fraction of sp³-hybridized carbons (Fsp3) is 0.778. The van der Waals surface area contributed by atoms with Gasteiger partial charge in [-0.25, -0.2) is 0 Å². The summed E-state index contributed by atoms with van der Waals surface area (Å²) in [6.07, 6.45) is -4.74. The van der Waals surface area contributed by atoms with Gasteiger partial charge in [0.05, 0.1) is 12.3 Å². The quantitative estimate of drug-likeness (QED) is 0.546. The number of halogens is 3. The second-order valence-electron chi connectivity index (χ2n) is 3.24. The van der Waals surface area contributed by atoms with Crippen LogP contribution in [0.3, 0.4) is 0 Å². The van der Waals surface area contributed by atoms with E-state index in [9.17, 15) is 22.8 Å². The fourth-order valence-corrected chi connectivity index (χ4v) is 0.790. The number of esters is 2. The van der Waals surface area contributed by atoms with Crippen molar-refractivity contribution in [3.63, 3.8) is 0 Å². The van der Waals surface area contributed by atoms with Crippen molar-refractivity contribution < 1.29 is 27.5 Å². The molecule has 0 aliphatic carbocycles. The molecule has 0 amide bonds. The highest BCUT2D eigenvalue weighted by Gasteiger charge is 2.37. The maximum atomic E-state index is 12.0. The first kappa shape index (κ1) is 13.9. The predicted octanol–water partition coefficient (Wildman–Crippen LogP) is 2.44. The van der Waals surface area contributed by atoms with Crippen LogP contribution in [0.1, 0.15) is 33.1 Å². The van der Waals surface area contributed by atoms with E-state index in [0.717, 1.165) is 6.92 Å². The molecule has 0 N–H and O–H groups in total. The average molecular weight is 226 g/mol. The molecule has 0 aromatic carbocycles. The van der Waals surface area contributed by atoms with Gasteiger partial charge in [0.2, 0.25) is 0 Å². The van der Waals surface area contributed by atoms with Crippen LogP contribution in [-0.4, -0.2) is 18.1 Å². The number of carbonyl (C=O) groups is 2. The van der Waals surface area contributed by atoms with Crippen LogP contribution in [0.5, 0.6) is 0 Å². The van der Waals surface area contributed by atoms with E-state index < -0.39 is 30.5 Å². The number of alkyl halides is 3. The first-order chi connectivity index (χ1) is 6.77. The highest BCUT2D eigenvalue weighted by atomic mass is 19.4. The third kappa shape index (κ3) is 6.09. The van der Waals surface area contributed by atoms with Gasteiger partial charge in [-0.05, 0) is 6.42 Å². The lowest BCUT2D eigenvalue weighted by Crippen LogP contribution is -2.24. The number of ether oxygens (including phenoxy) is 1. The number of hydrogen-bond donors (Lipinski definition) is 0. The Morgan fingerprint density at radius 2 is 1.80 bits per heavy atom. The SMILES string of the molecule is CCCC(=O)OC(=O)CC(C)C(F)(F)F. The van der Waals surface area contributed by atoms with E-state index in [-0.39, 0.29) is 6.42 Å². The summed E-state index contributed by atoms with van der Waals surface area (Å²) in [5.74, 6) is -3.70. The fourth-order valence-electron chi connectivity index (χ4n) is 0.790. The van der Waals surface area contributed by atoms with Gasteiger partial charge >= 0.3 is 18.1 Å². The third-order valence-electron chi connectivity index (χ3n) is 1.71. The van der Waals surface area contributed by atoms with Crippen LogP contribution in [0.2, 0.25) is 0 Å². The van der Waals surface area contributed by atoms with Crippen molar-refractivity contribution in [3.05, 3.63) is 0 Å². The highest BCUT2D eigenvalue weighted by Crippen LogP contribution is 2.28. The van der Waals surface area contributed by atoms with E-state index in [1.165, 1.54) is 0 Å². The van der Waals surface area contributed by atoms with Crippen LogP contribution in [-0.2, 0) is 14.3 Å². The van der Waals surface area contributed by atoms with Crippen LogP contribution in [0, 0.1) is 5.92 Å². The topological polar surface area (TPSA) is 43.4 Å². The van der Waals surface area contributed by atoms with E-state index in [0.29, 0.717) is 6.42 Å². The maximum Gasteiger partial charge on any atom is 0.392 e. The largest absolute Gasteiger partial charge is 0.393 e. The van der Waals surface area contributed by atoms with E-state index >= 15 is 0 Å². The second-order valence-corrected chi connectivity index (χ2v) is 3.24. The Hall–Kier alpha value is -1.07. The lowest BCUT2D eigenvalue weighted by Gasteiger charge is -2.13. The summed E-state index contributed by atoms with van der Waals surface area (Å²) in [7, 11) is 0. The van der Waals surface area contributed by atoms with Gasteiger partial charge in [0.1, 0.15) is 0 Å². The molecule has 1 atom stereocenters. The van der Waals surface area contributed by atoms with Gasteiger partial charge in [-0.3, -0.25) is 9.59 Å². The van der Waals surface area contributed by atoms with Gasteiger partial charge in [-0.2, -0.15) is 13.2 Å². The van der Waals surface area contributed by atoms with E-state index in [1.54, 1.807) is 6.92 Å². The molecule has 0 aliphatic rings. The summed E-state index contributed by atoms with van der Waals surface area (Å²) in [4.78, 5) is 21.6. The highest BCUT2D eigenvalue weighted by molar-refractivity contribution is 5.85. The van der Waals surface area contributed by atoms with Gasteiger partial charge in [0, 0.05) is 6.42 Å². The summed E-state index contributed by atoms with van der Waals surface area (Å²) >= 11 is 0. The molecule has 0 spiro atoms. The summed E-state index contributed by atoms with van der Waals surface area (Å²) in [5.41, 5.74) is 0. The molecule has 0 aromatic rings. The Labute approximate surface area is 85.6 Å². The average Bonchev–Trinajstić information content (AvgIpc) is 2.01. The Balaban J connectivity index is 3.99. The normalized spacial score (nSPS) is 13.4. The van der Waals surface area contributed by atoms with Crippen LogP contribution in [0.15, 0.2) is 0 Å². The van der Waals surface area contributed by atoms with Gasteiger partial charge in [-0.15, -0.1) is 0 Å². The van der Waals surface area contributed by atoms with Crippen molar-refractivity contribution in [1.82, 2.24) is 0 Å². The monoisotopic (exact) mass is 226 g/mol. The van der Waals surface area contributed by atoms with Crippen molar-refractivity contribution in [2.24, 2.45) is 5.92 Å². The van der Waals surface area contributed by atoms with Crippen LogP contribution < -0.4 is 0 Å². The molecule has 1 unspecified atom stereocenters. The minimum atomic E-state index is -4.44. The zero-order chi connectivity index (χ0) is 12.1. The molecule has 0 rings (SSSR count). The van der Waals surface area contributed by atoms with Crippen molar-refractivity contribution in [1.29, 1.82) is 0 Å². The van der Waals surface area contributed by atoms with Gasteiger partial charge in [0.15, 0.2) is 0 Å². The minimum absolute atomic E-state index is 0.0339. The van der Waals surface area contributed by atoms with Crippen molar-refractivity contribution in [2.75, 3.05) is 0 Å². The summed E-state index contributed by atoms with van der Waals surface area (Å²) in [6.45, 7) is 2.57. The molecule has 3 nitrogen and oxygen atoms in total. The van der Waals surface area contributed by atoms with E-state index in [2.05, 4.69) is 4.74 Å². The molecular weight excluding hydrogens is 213 g/mol. The molecule has 0 saturated carbocycles. The molecule has 0 bridgehead atoms. The predicted molar refractivity (Wildman–Crippen MR) is 45.8 cm³/mol. The molecule has 88 valence electrons. The molecule has 0 aliphatic heterocycles. The van der Waals surface area contributed by atoms with Gasteiger partial charge < -0.3 is 4.74 Å². The van der Waals surface area contributed by atoms with Gasteiger partial charge in [0.25, 0.3) is 0 Å². The maximum absolute atomic E-state index is 12.0. The first-order valence-corrected chi connectivity index (χ1v) is 4.57. The lowest BCUT2D eigenvalue weighted by atomic mass is 10.1. The Morgan fingerprint density at radius 1 is 1.27 bits per heavy atom. The van der Waals surface area contributed by atoms with Crippen molar-refractivity contribution >= 4 is 11.9 Å². The molecule has 0 fully saturated rings. The minimum Gasteiger partial charge on any atom is -0.393 e. The smallest absolute Gasteiger partial charge is 0.392 e. The van der Waals surface area contributed by atoms with Crippen LogP contribution >= 0.6 is 0 Å². The molecule has 15 heavy (non-hydrogen) atoms. The van der Waals surface area contributed by atoms with E-state index in [1.807, 2.05) is 0 Å². The Kier molecular flexibility index (Phi) is 5.32. The lowest BCUT2D eigenvalue weighted by molar-refractivity contribution is -0.182. The molecule has 0 radical (unpaired) electrons. The zero-order valence-corrected chi connectivity index (χ0v) is 8.56. The molecule has 0 aromatic heterocycles. The molecular formula is C9H13F3O3.